The molecule has 0 saturated carbocycles. The summed E-state index contributed by atoms with van der Waals surface area (Å²) in [5, 5.41) is 4.94. The van der Waals surface area contributed by atoms with E-state index in [1.807, 2.05) is 26.2 Å². The third-order valence-corrected chi connectivity index (χ3v) is 2.93. The predicted molar refractivity (Wildman–Crippen MR) is 67.1 cm³/mol. The Kier molecular flexibility index (Phi) is 3.53. The summed E-state index contributed by atoms with van der Waals surface area (Å²) >= 11 is 1.53. The fraction of sp³-hybridized carbons (Fsp3) is 0.273. The molecule has 0 bridgehead atoms. The highest BCUT2D eigenvalue weighted by Gasteiger charge is 2.06. The van der Waals surface area contributed by atoms with Gasteiger partial charge in [-0.3, -0.25) is 4.68 Å². The maximum absolute atomic E-state index is 5.76. The highest BCUT2D eigenvalue weighted by Crippen LogP contribution is 2.29. The molecule has 6 heteroatoms. The van der Waals surface area contributed by atoms with Gasteiger partial charge in [-0.2, -0.15) is 5.10 Å². The summed E-state index contributed by atoms with van der Waals surface area (Å²) < 4.78 is 7.10. The highest BCUT2D eigenvalue weighted by molar-refractivity contribution is 7.99. The topological polar surface area (TPSA) is 66.0 Å². The fourth-order valence-corrected chi connectivity index (χ4v) is 2.13. The second kappa shape index (κ2) is 5.09. The van der Waals surface area contributed by atoms with Crippen LogP contribution in [0.1, 0.15) is 6.92 Å². The Morgan fingerprint density at radius 2 is 2.29 bits per heavy atom. The molecule has 0 aliphatic heterocycles. The second-order valence-corrected chi connectivity index (χ2v) is 4.52. The van der Waals surface area contributed by atoms with Crippen LogP contribution in [0.25, 0.3) is 0 Å². The Morgan fingerprint density at radius 1 is 1.47 bits per heavy atom. The van der Waals surface area contributed by atoms with E-state index in [2.05, 4.69) is 10.1 Å². The van der Waals surface area contributed by atoms with Crippen LogP contribution in [0.4, 0.5) is 5.69 Å². The van der Waals surface area contributed by atoms with Gasteiger partial charge in [-0.1, -0.05) is 11.8 Å². The molecule has 0 spiro atoms. The molecule has 0 saturated heterocycles. The van der Waals surface area contributed by atoms with Gasteiger partial charge in [0.1, 0.15) is 5.03 Å². The number of nitrogens with two attached hydrogens (primary N) is 1. The molecule has 0 aliphatic rings. The molecule has 2 heterocycles. The smallest absolute Gasteiger partial charge is 0.238 e. The molecule has 2 aromatic heterocycles. The van der Waals surface area contributed by atoms with E-state index in [1.54, 1.807) is 16.9 Å². The summed E-state index contributed by atoms with van der Waals surface area (Å²) in [7, 11) is 1.88. The minimum absolute atomic E-state index is 0.487. The molecule has 0 unspecified atom stereocenters. The number of ether oxygens (including phenoxy) is 1. The molecule has 0 aromatic carbocycles. The van der Waals surface area contributed by atoms with Crippen LogP contribution in [0, 0.1) is 0 Å². The Morgan fingerprint density at radius 3 is 2.94 bits per heavy atom. The van der Waals surface area contributed by atoms with Crippen molar-refractivity contribution in [3.05, 3.63) is 24.5 Å². The maximum atomic E-state index is 5.76. The van der Waals surface area contributed by atoms with Gasteiger partial charge < -0.3 is 10.5 Å². The summed E-state index contributed by atoms with van der Waals surface area (Å²) in [5.41, 5.74) is 6.32. The number of hydrogen-bond acceptors (Lipinski definition) is 5. The first-order valence-corrected chi connectivity index (χ1v) is 6.06. The van der Waals surface area contributed by atoms with Crippen LogP contribution >= 0.6 is 11.8 Å². The number of pyridine rings is 1. The molecule has 0 radical (unpaired) electrons. The minimum Gasteiger partial charge on any atom is -0.476 e. The van der Waals surface area contributed by atoms with Crippen LogP contribution in [0.3, 0.4) is 0 Å². The lowest BCUT2D eigenvalue weighted by Gasteiger charge is -2.06. The zero-order valence-corrected chi connectivity index (χ0v) is 10.6. The van der Waals surface area contributed by atoms with Gasteiger partial charge in [0.15, 0.2) is 0 Å². The summed E-state index contributed by atoms with van der Waals surface area (Å²) in [4.78, 5) is 5.38. The summed E-state index contributed by atoms with van der Waals surface area (Å²) in [6.45, 7) is 2.46. The summed E-state index contributed by atoms with van der Waals surface area (Å²) in [6.07, 6.45) is 3.73. The van der Waals surface area contributed by atoms with Crippen molar-refractivity contribution in [3.8, 4) is 5.88 Å². The number of aromatic nitrogens is 3. The SMILES string of the molecule is CCOc1nc(Sc2cnn(C)c2)ccc1N. The van der Waals surface area contributed by atoms with Crippen LogP contribution in [0.2, 0.25) is 0 Å². The van der Waals surface area contributed by atoms with Gasteiger partial charge >= 0.3 is 0 Å². The van der Waals surface area contributed by atoms with Crippen molar-refractivity contribution >= 4 is 17.4 Å². The van der Waals surface area contributed by atoms with Crippen molar-refractivity contribution in [3.63, 3.8) is 0 Å². The average molecular weight is 250 g/mol. The van der Waals surface area contributed by atoms with Crippen molar-refractivity contribution in [1.82, 2.24) is 14.8 Å². The standard InChI is InChI=1S/C11H14N4OS/c1-3-16-11-9(12)4-5-10(14-11)17-8-6-13-15(2)7-8/h4-7H,3,12H2,1-2H3. The first-order valence-electron chi connectivity index (χ1n) is 5.25. The molecule has 0 amide bonds. The van der Waals surface area contributed by atoms with E-state index in [4.69, 9.17) is 10.5 Å². The van der Waals surface area contributed by atoms with E-state index in [9.17, 15) is 0 Å². The Bertz CT molecular complexity index is 512. The molecule has 0 fully saturated rings. The van der Waals surface area contributed by atoms with Gasteiger partial charge in [0.05, 0.1) is 23.4 Å². The Hall–Kier alpha value is -1.69. The molecule has 5 nitrogen and oxygen atoms in total. The fourth-order valence-electron chi connectivity index (χ4n) is 1.32. The first-order chi connectivity index (χ1) is 8.19. The average Bonchev–Trinajstić information content (AvgIpc) is 2.69. The molecular formula is C11H14N4OS. The highest BCUT2D eigenvalue weighted by atomic mass is 32.2. The quantitative estimate of drug-likeness (QED) is 0.898. The second-order valence-electron chi connectivity index (χ2n) is 3.43. The zero-order valence-electron chi connectivity index (χ0n) is 9.75. The largest absolute Gasteiger partial charge is 0.476 e. The lowest BCUT2D eigenvalue weighted by Crippen LogP contribution is -1.99. The van der Waals surface area contributed by atoms with E-state index in [0.29, 0.717) is 18.2 Å². The lowest BCUT2D eigenvalue weighted by atomic mass is 10.4. The minimum atomic E-state index is 0.487. The van der Waals surface area contributed by atoms with Crippen molar-refractivity contribution in [2.24, 2.45) is 7.05 Å². The van der Waals surface area contributed by atoms with Gasteiger partial charge in [0.2, 0.25) is 5.88 Å². The van der Waals surface area contributed by atoms with Gasteiger partial charge in [0.25, 0.3) is 0 Å². The van der Waals surface area contributed by atoms with Crippen LogP contribution < -0.4 is 10.5 Å². The number of anilines is 1. The lowest BCUT2D eigenvalue weighted by molar-refractivity contribution is 0.326. The maximum Gasteiger partial charge on any atom is 0.238 e. The Balaban J connectivity index is 2.18. The molecule has 90 valence electrons. The van der Waals surface area contributed by atoms with Crippen LogP contribution in [-0.4, -0.2) is 21.4 Å². The summed E-state index contributed by atoms with van der Waals surface area (Å²) in [5.74, 6) is 0.487. The number of nitrogen functional groups attached to an aromatic ring is 1. The molecule has 2 aromatic rings. The van der Waals surface area contributed by atoms with Crippen molar-refractivity contribution in [2.45, 2.75) is 16.8 Å². The molecule has 0 atom stereocenters. The third-order valence-electron chi connectivity index (χ3n) is 2.05. The zero-order chi connectivity index (χ0) is 12.3. The van der Waals surface area contributed by atoms with E-state index in [1.165, 1.54) is 11.8 Å². The number of aryl methyl sites for hydroxylation is 1. The van der Waals surface area contributed by atoms with E-state index >= 15 is 0 Å². The van der Waals surface area contributed by atoms with Crippen molar-refractivity contribution < 1.29 is 4.74 Å². The van der Waals surface area contributed by atoms with E-state index < -0.39 is 0 Å². The number of rotatable bonds is 4. The third kappa shape index (κ3) is 2.91. The van der Waals surface area contributed by atoms with Crippen molar-refractivity contribution in [1.29, 1.82) is 0 Å². The van der Waals surface area contributed by atoms with Crippen molar-refractivity contribution in [2.75, 3.05) is 12.3 Å². The summed E-state index contributed by atoms with van der Waals surface area (Å²) in [6, 6.07) is 3.67. The van der Waals surface area contributed by atoms with Gasteiger partial charge in [-0.15, -0.1) is 0 Å². The number of nitrogens with zero attached hydrogens (tertiary/aromatic N) is 3. The molecule has 2 rings (SSSR count). The monoisotopic (exact) mass is 250 g/mol. The van der Waals surface area contributed by atoms with Gasteiger partial charge in [-0.05, 0) is 19.1 Å². The van der Waals surface area contributed by atoms with Crippen LogP contribution in [0.5, 0.6) is 5.88 Å². The van der Waals surface area contributed by atoms with Gasteiger partial charge in [-0.25, -0.2) is 4.98 Å². The molecular weight excluding hydrogens is 236 g/mol. The first kappa shape index (κ1) is 11.8. The Labute approximate surface area is 104 Å². The predicted octanol–water partition coefficient (Wildman–Crippen LogP) is 1.95. The van der Waals surface area contributed by atoms with Crippen LogP contribution in [-0.2, 0) is 7.05 Å². The molecule has 0 aliphatic carbocycles. The number of hydrogen-bond donors (Lipinski definition) is 1. The van der Waals surface area contributed by atoms with E-state index in [0.717, 1.165) is 9.92 Å². The van der Waals surface area contributed by atoms with Gasteiger partial charge in [0, 0.05) is 13.2 Å². The normalized spacial score (nSPS) is 10.5. The van der Waals surface area contributed by atoms with Crippen LogP contribution in [0.15, 0.2) is 34.4 Å². The molecule has 2 N–H and O–H groups in total. The molecule has 17 heavy (non-hydrogen) atoms. The van der Waals surface area contributed by atoms with E-state index in [-0.39, 0.29) is 0 Å².